The number of amides is 1. The van der Waals surface area contributed by atoms with Gasteiger partial charge in [-0.1, -0.05) is 37.7 Å². The molecule has 1 aromatic heterocycles. The first kappa shape index (κ1) is 31.3. The van der Waals surface area contributed by atoms with Crippen LogP contribution in [-0.4, -0.2) is 73.9 Å². The van der Waals surface area contributed by atoms with Gasteiger partial charge in [0.15, 0.2) is 5.13 Å². The largest absolute Gasteiger partial charge is 0.492 e. The molecule has 39 heavy (non-hydrogen) atoms. The number of sulfonamides is 1. The maximum absolute atomic E-state index is 13.8. The Morgan fingerprint density at radius 3 is 2.44 bits per heavy atom. The average molecular weight is 595 g/mol. The van der Waals surface area contributed by atoms with Crippen LogP contribution in [0.2, 0.25) is 0 Å². The number of nitrogens with zero attached hydrogens (tertiary/aromatic N) is 4. The van der Waals surface area contributed by atoms with Gasteiger partial charge in [0.2, 0.25) is 10.0 Å². The van der Waals surface area contributed by atoms with Gasteiger partial charge in [0.1, 0.15) is 11.3 Å². The number of fused-ring (bicyclic) bond motifs is 1. The van der Waals surface area contributed by atoms with E-state index in [1.165, 1.54) is 11.3 Å². The Labute approximate surface area is 242 Å². The highest BCUT2D eigenvalue weighted by Gasteiger charge is 2.31. The van der Waals surface area contributed by atoms with Gasteiger partial charge in [-0.05, 0) is 76.2 Å². The van der Waals surface area contributed by atoms with Gasteiger partial charge in [-0.2, -0.15) is 4.31 Å². The minimum absolute atomic E-state index is 0. The van der Waals surface area contributed by atoms with Crippen molar-refractivity contribution < 1.29 is 17.9 Å². The fourth-order valence-corrected chi connectivity index (χ4v) is 7.56. The second-order valence-electron chi connectivity index (χ2n) is 9.50. The molecule has 0 spiro atoms. The fourth-order valence-electron chi connectivity index (χ4n) is 4.85. The fraction of sp³-hybridized carbons (Fsp3) is 0.500. The van der Waals surface area contributed by atoms with E-state index in [1.54, 1.807) is 33.5 Å². The number of ether oxygens (including phenoxy) is 1. The molecule has 1 aliphatic heterocycles. The molecule has 8 nitrogen and oxygen atoms in total. The molecule has 0 N–H and O–H groups in total. The number of anilines is 1. The molecule has 1 atom stereocenters. The van der Waals surface area contributed by atoms with Crippen LogP contribution in [0.25, 0.3) is 10.2 Å². The molecule has 1 amide bonds. The summed E-state index contributed by atoms with van der Waals surface area (Å²) >= 11 is 1.45. The topological polar surface area (TPSA) is 83.0 Å². The molecule has 1 fully saturated rings. The summed E-state index contributed by atoms with van der Waals surface area (Å²) in [6, 6.07) is 12.1. The Balaban J connectivity index is 0.00000420. The highest BCUT2D eigenvalue weighted by Crippen LogP contribution is 2.35. The molecule has 2 heterocycles. The first-order valence-electron chi connectivity index (χ1n) is 13.5. The van der Waals surface area contributed by atoms with Crippen LogP contribution >= 0.6 is 23.7 Å². The summed E-state index contributed by atoms with van der Waals surface area (Å²) in [7, 11) is -3.60. The van der Waals surface area contributed by atoms with Crippen LogP contribution in [0.1, 0.15) is 57.3 Å². The second kappa shape index (κ2) is 13.9. The summed E-state index contributed by atoms with van der Waals surface area (Å²) in [5.41, 5.74) is 1.17. The van der Waals surface area contributed by atoms with E-state index in [0.717, 1.165) is 42.6 Å². The van der Waals surface area contributed by atoms with E-state index in [9.17, 15) is 13.2 Å². The zero-order valence-electron chi connectivity index (χ0n) is 23.1. The third kappa shape index (κ3) is 6.92. The lowest BCUT2D eigenvalue weighted by molar-refractivity contribution is 0.0983. The number of hydrogen-bond donors (Lipinski definition) is 0. The van der Waals surface area contributed by atoms with Crippen molar-refractivity contribution in [3.63, 3.8) is 0 Å². The molecule has 4 rings (SSSR count). The van der Waals surface area contributed by atoms with E-state index in [-0.39, 0.29) is 29.3 Å². The first-order valence-corrected chi connectivity index (χ1v) is 15.7. The number of carbonyl (C=O) groups is 1. The summed E-state index contributed by atoms with van der Waals surface area (Å²) < 4.78 is 34.8. The molecule has 0 radical (unpaired) electrons. The first-order chi connectivity index (χ1) is 18.3. The third-order valence-electron chi connectivity index (χ3n) is 7.13. The summed E-state index contributed by atoms with van der Waals surface area (Å²) in [6.45, 7) is 12.1. The lowest BCUT2D eigenvalue weighted by Gasteiger charge is -2.32. The van der Waals surface area contributed by atoms with Gasteiger partial charge in [0, 0.05) is 31.2 Å². The van der Waals surface area contributed by atoms with Gasteiger partial charge in [-0.25, -0.2) is 13.4 Å². The molecule has 0 bridgehead atoms. The molecule has 11 heteroatoms. The zero-order chi connectivity index (χ0) is 27.3. The maximum atomic E-state index is 13.8. The third-order valence-corrected chi connectivity index (χ3v) is 10.2. The summed E-state index contributed by atoms with van der Waals surface area (Å²) in [5, 5.41) is 0.600. The molecule has 0 saturated carbocycles. The molecule has 0 aliphatic carbocycles. The Kier molecular flexibility index (Phi) is 11.1. The van der Waals surface area contributed by atoms with E-state index >= 15 is 0 Å². The lowest BCUT2D eigenvalue weighted by Crippen LogP contribution is -2.42. The summed E-state index contributed by atoms with van der Waals surface area (Å²) in [4.78, 5) is 22.8. The number of thiazole rings is 1. The van der Waals surface area contributed by atoms with Crippen molar-refractivity contribution in [2.24, 2.45) is 0 Å². The van der Waals surface area contributed by atoms with Gasteiger partial charge in [-0.15, -0.1) is 12.4 Å². The Hall–Kier alpha value is -2.24. The van der Waals surface area contributed by atoms with Crippen LogP contribution in [0.5, 0.6) is 5.75 Å². The van der Waals surface area contributed by atoms with Crippen LogP contribution in [0, 0.1) is 0 Å². The van der Waals surface area contributed by atoms with Crippen molar-refractivity contribution in [2.75, 3.05) is 44.2 Å². The number of aromatic nitrogens is 1. The van der Waals surface area contributed by atoms with Crippen LogP contribution in [-0.2, 0) is 10.0 Å². The van der Waals surface area contributed by atoms with Gasteiger partial charge in [-0.3, -0.25) is 9.69 Å². The number of likely N-dealkylation sites (N-methyl/N-ethyl adjacent to an activating group) is 1. The number of benzene rings is 2. The van der Waals surface area contributed by atoms with Gasteiger partial charge in [0.05, 0.1) is 16.2 Å². The monoisotopic (exact) mass is 594 g/mol. The van der Waals surface area contributed by atoms with E-state index in [2.05, 4.69) is 18.7 Å². The van der Waals surface area contributed by atoms with Crippen molar-refractivity contribution in [2.45, 2.75) is 57.9 Å². The van der Waals surface area contributed by atoms with E-state index in [4.69, 9.17) is 9.72 Å². The minimum Gasteiger partial charge on any atom is -0.492 e. The highest BCUT2D eigenvalue weighted by atomic mass is 35.5. The quantitative estimate of drug-likeness (QED) is 0.284. The molecule has 1 unspecified atom stereocenters. The molecule has 1 aliphatic rings. The number of rotatable bonds is 11. The number of halogens is 1. The number of hydrogen-bond acceptors (Lipinski definition) is 7. The van der Waals surface area contributed by atoms with Gasteiger partial charge in [0.25, 0.3) is 5.91 Å². The molecular formula is C28H39ClN4O4S2. The Bertz CT molecular complexity index is 1340. The average Bonchev–Trinajstić information content (AvgIpc) is 3.36. The predicted octanol–water partition coefficient (Wildman–Crippen LogP) is 5.67. The standard InChI is InChI=1S/C28H38N4O4S2.ClH/c1-5-30(6-2)19-20-31(28-29-26-24(36-7-3)12-10-13-25(26)37-28)27(33)22-14-16-23(17-15-22)38(34,35)32-18-9-8-11-21(32)4;/h10,12-17,21H,5-9,11,18-20H2,1-4H3;1H. The molecule has 214 valence electrons. The molecule has 3 aromatic rings. The second-order valence-corrected chi connectivity index (χ2v) is 12.4. The van der Waals surface area contributed by atoms with E-state index in [1.807, 2.05) is 32.0 Å². The highest BCUT2D eigenvalue weighted by molar-refractivity contribution is 7.89. The SMILES string of the molecule is CCOc1cccc2sc(N(CCN(CC)CC)C(=O)c3ccc(S(=O)(=O)N4CCCCC4C)cc3)nc12.Cl. The van der Waals surface area contributed by atoms with Crippen LogP contribution in [0.4, 0.5) is 5.13 Å². The molecule has 2 aromatic carbocycles. The normalized spacial score (nSPS) is 16.3. The smallest absolute Gasteiger partial charge is 0.260 e. The van der Waals surface area contributed by atoms with Crippen molar-refractivity contribution in [1.29, 1.82) is 0 Å². The maximum Gasteiger partial charge on any atom is 0.260 e. The van der Waals surface area contributed by atoms with Gasteiger partial charge >= 0.3 is 0 Å². The van der Waals surface area contributed by atoms with Crippen LogP contribution in [0.15, 0.2) is 47.4 Å². The number of para-hydroxylation sites is 1. The number of carbonyl (C=O) groups excluding carboxylic acids is 1. The predicted molar refractivity (Wildman–Crippen MR) is 161 cm³/mol. The zero-order valence-corrected chi connectivity index (χ0v) is 25.6. The van der Waals surface area contributed by atoms with Crippen molar-refractivity contribution in [3.8, 4) is 5.75 Å². The van der Waals surface area contributed by atoms with Crippen LogP contribution in [0.3, 0.4) is 0 Å². The van der Waals surface area contributed by atoms with E-state index < -0.39 is 10.0 Å². The summed E-state index contributed by atoms with van der Waals surface area (Å²) in [6.07, 6.45) is 2.78. The van der Waals surface area contributed by atoms with Gasteiger partial charge < -0.3 is 9.64 Å². The summed E-state index contributed by atoms with van der Waals surface area (Å²) in [5.74, 6) is 0.495. The van der Waals surface area contributed by atoms with Crippen molar-refractivity contribution in [3.05, 3.63) is 48.0 Å². The van der Waals surface area contributed by atoms with Crippen molar-refractivity contribution in [1.82, 2.24) is 14.2 Å². The lowest BCUT2D eigenvalue weighted by atomic mass is 10.1. The van der Waals surface area contributed by atoms with Crippen LogP contribution < -0.4 is 9.64 Å². The van der Waals surface area contributed by atoms with E-state index in [0.29, 0.717) is 42.7 Å². The Morgan fingerprint density at radius 2 is 1.79 bits per heavy atom. The Morgan fingerprint density at radius 1 is 1.08 bits per heavy atom. The van der Waals surface area contributed by atoms with Crippen molar-refractivity contribution >= 4 is 55.0 Å². The minimum atomic E-state index is -3.60. The molecular weight excluding hydrogens is 556 g/mol. The number of piperidine rings is 1. The molecule has 1 saturated heterocycles.